The summed E-state index contributed by atoms with van der Waals surface area (Å²) < 4.78 is 20.2. The Morgan fingerprint density at radius 3 is 2.62 bits per heavy atom. The summed E-state index contributed by atoms with van der Waals surface area (Å²) in [6, 6.07) is 12.9. The van der Waals surface area contributed by atoms with Crippen LogP contribution in [0.5, 0.6) is 17.2 Å². The number of aromatic nitrogens is 1. The van der Waals surface area contributed by atoms with Crippen LogP contribution in [0.1, 0.15) is 38.2 Å². The smallest absolute Gasteiger partial charge is 0.273 e. The summed E-state index contributed by atoms with van der Waals surface area (Å²) in [5.41, 5.74) is 7.85. The van der Waals surface area contributed by atoms with E-state index in [1.165, 1.54) is 0 Å². The molecule has 166 valence electrons. The van der Waals surface area contributed by atoms with Crippen molar-refractivity contribution in [2.75, 3.05) is 19.1 Å². The summed E-state index contributed by atoms with van der Waals surface area (Å²) in [4.78, 5) is 25.3. The van der Waals surface area contributed by atoms with Crippen LogP contribution >= 0.6 is 11.5 Å². The van der Waals surface area contributed by atoms with E-state index in [0.717, 1.165) is 28.4 Å². The van der Waals surface area contributed by atoms with Crippen molar-refractivity contribution < 1.29 is 23.8 Å². The van der Waals surface area contributed by atoms with Gasteiger partial charge in [-0.25, -0.2) is 0 Å². The largest absolute Gasteiger partial charge is 0.494 e. The first kappa shape index (κ1) is 21.4. The standard InChI is InChI=1S/C22H22N4O5S/c1-2-29-15-5-3-4-13(8-15)10-25-22(28)20-18(23)19(26-32-20)21(27)24-11-14-6-7-16-17(9-14)31-12-30-16/h3-9H,2,10-12,23H2,1H3,(H,24,27)(H,25,28). The molecule has 32 heavy (non-hydrogen) atoms. The van der Waals surface area contributed by atoms with E-state index in [1.807, 2.05) is 37.3 Å². The Hall–Kier alpha value is -3.79. The van der Waals surface area contributed by atoms with Gasteiger partial charge in [-0.05, 0) is 53.8 Å². The average Bonchev–Trinajstić information content (AvgIpc) is 3.42. The van der Waals surface area contributed by atoms with Gasteiger partial charge in [-0.15, -0.1) is 0 Å². The van der Waals surface area contributed by atoms with Gasteiger partial charge < -0.3 is 30.6 Å². The summed E-state index contributed by atoms with van der Waals surface area (Å²) in [7, 11) is 0. The molecule has 0 fully saturated rings. The van der Waals surface area contributed by atoms with Crippen LogP contribution in [-0.4, -0.2) is 29.6 Å². The fourth-order valence-electron chi connectivity index (χ4n) is 3.12. The lowest BCUT2D eigenvalue weighted by Gasteiger charge is -2.08. The summed E-state index contributed by atoms with van der Waals surface area (Å²) in [5, 5.41) is 5.56. The topological polar surface area (TPSA) is 125 Å². The van der Waals surface area contributed by atoms with Gasteiger partial charge in [0.25, 0.3) is 11.8 Å². The van der Waals surface area contributed by atoms with E-state index in [4.69, 9.17) is 19.9 Å². The third kappa shape index (κ3) is 4.75. The zero-order valence-corrected chi connectivity index (χ0v) is 18.2. The van der Waals surface area contributed by atoms with Gasteiger partial charge in [0.1, 0.15) is 10.6 Å². The van der Waals surface area contributed by atoms with Crippen molar-refractivity contribution in [2.45, 2.75) is 20.0 Å². The van der Waals surface area contributed by atoms with E-state index < -0.39 is 11.8 Å². The van der Waals surface area contributed by atoms with E-state index >= 15 is 0 Å². The number of fused-ring (bicyclic) bond motifs is 1. The summed E-state index contributed by atoms with van der Waals surface area (Å²) in [5.74, 6) is 1.19. The maximum Gasteiger partial charge on any atom is 0.273 e. The lowest BCUT2D eigenvalue weighted by molar-refractivity contribution is 0.0946. The Balaban J connectivity index is 1.35. The van der Waals surface area contributed by atoms with Gasteiger partial charge in [0.05, 0.1) is 12.3 Å². The summed E-state index contributed by atoms with van der Waals surface area (Å²) >= 11 is 0.888. The minimum atomic E-state index is -0.458. The molecule has 0 saturated heterocycles. The lowest BCUT2D eigenvalue weighted by atomic mass is 10.2. The number of ether oxygens (including phenoxy) is 3. The maximum atomic E-state index is 12.6. The fraction of sp³-hybridized carbons (Fsp3) is 0.227. The number of nitrogens with one attached hydrogen (secondary N) is 2. The molecule has 1 aliphatic heterocycles. The van der Waals surface area contributed by atoms with Crippen molar-refractivity contribution in [3.63, 3.8) is 0 Å². The van der Waals surface area contributed by atoms with Crippen molar-refractivity contribution in [1.82, 2.24) is 15.0 Å². The van der Waals surface area contributed by atoms with Crippen LogP contribution < -0.4 is 30.6 Å². The number of hydrogen-bond donors (Lipinski definition) is 3. The van der Waals surface area contributed by atoms with E-state index in [0.29, 0.717) is 24.7 Å². The number of nitrogens with two attached hydrogens (primary N) is 1. The van der Waals surface area contributed by atoms with Crippen molar-refractivity contribution in [3.8, 4) is 17.2 Å². The number of carbonyl (C=O) groups is 2. The Morgan fingerprint density at radius 1 is 1.06 bits per heavy atom. The lowest BCUT2D eigenvalue weighted by Crippen LogP contribution is -2.25. The third-order valence-corrected chi connectivity index (χ3v) is 5.56. The molecule has 2 aromatic carbocycles. The van der Waals surface area contributed by atoms with Gasteiger partial charge in [-0.3, -0.25) is 9.59 Å². The summed E-state index contributed by atoms with van der Waals surface area (Å²) in [6.45, 7) is 3.20. The first-order valence-electron chi connectivity index (χ1n) is 9.97. The quantitative estimate of drug-likeness (QED) is 0.478. The minimum Gasteiger partial charge on any atom is -0.494 e. The molecule has 2 amide bonds. The Morgan fingerprint density at radius 2 is 1.81 bits per heavy atom. The zero-order valence-electron chi connectivity index (χ0n) is 17.3. The predicted octanol–water partition coefficient (Wildman–Crippen LogP) is 2.71. The molecule has 4 N–H and O–H groups in total. The average molecular weight is 455 g/mol. The van der Waals surface area contributed by atoms with Gasteiger partial charge in [0.15, 0.2) is 17.2 Å². The fourth-order valence-corrected chi connectivity index (χ4v) is 3.83. The normalized spacial score (nSPS) is 11.8. The van der Waals surface area contributed by atoms with Crippen LogP contribution in [0.3, 0.4) is 0 Å². The Bertz CT molecular complexity index is 1150. The number of rotatable bonds is 8. The van der Waals surface area contributed by atoms with Gasteiger partial charge >= 0.3 is 0 Å². The van der Waals surface area contributed by atoms with Gasteiger partial charge in [0.2, 0.25) is 6.79 Å². The Kier molecular flexibility index (Phi) is 6.41. The molecular weight excluding hydrogens is 432 g/mol. The van der Waals surface area contributed by atoms with Crippen LogP contribution in [0, 0.1) is 0 Å². The van der Waals surface area contributed by atoms with Crippen LogP contribution in [0.25, 0.3) is 0 Å². The van der Waals surface area contributed by atoms with E-state index in [2.05, 4.69) is 15.0 Å². The maximum absolute atomic E-state index is 12.6. The second-order valence-electron chi connectivity index (χ2n) is 6.91. The molecule has 0 aliphatic carbocycles. The molecule has 1 aliphatic rings. The van der Waals surface area contributed by atoms with Crippen LogP contribution in [0.15, 0.2) is 42.5 Å². The molecule has 0 bridgehead atoms. The van der Waals surface area contributed by atoms with E-state index in [1.54, 1.807) is 12.1 Å². The highest BCUT2D eigenvalue weighted by molar-refractivity contribution is 7.09. The molecule has 3 aromatic rings. The van der Waals surface area contributed by atoms with Crippen molar-refractivity contribution >= 4 is 29.0 Å². The second-order valence-corrected chi connectivity index (χ2v) is 7.68. The number of hydrogen-bond acceptors (Lipinski definition) is 8. The van der Waals surface area contributed by atoms with Gasteiger partial charge in [0, 0.05) is 13.1 Å². The molecule has 0 atom stereocenters. The monoisotopic (exact) mass is 454 g/mol. The number of amides is 2. The van der Waals surface area contributed by atoms with Crippen molar-refractivity contribution in [1.29, 1.82) is 0 Å². The number of nitrogen functional groups attached to an aromatic ring is 1. The second kappa shape index (κ2) is 9.56. The number of carbonyl (C=O) groups excluding carboxylic acids is 2. The number of benzene rings is 2. The molecular formula is C22H22N4O5S. The first-order valence-corrected chi connectivity index (χ1v) is 10.7. The molecule has 0 radical (unpaired) electrons. The van der Waals surface area contributed by atoms with Crippen LogP contribution in [0.2, 0.25) is 0 Å². The molecule has 10 heteroatoms. The molecule has 4 rings (SSSR count). The minimum absolute atomic E-state index is 0.0271. The molecule has 1 aromatic heterocycles. The highest BCUT2D eigenvalue weighted by Crippen LogP contribution is 2.32. The summed E-state index contributed by atoms with van der Waals surface area (Å²) in [6.07, 6.45) is 0. The van der Waals surface area contributed by atoms with Crippen LogP contribution in [0.4, 0.5) is 5.69 Å². The number of anilines is 1. The first-order chi connectivity index (χ1) is 15.5. The van der Waals surface area contributed by atoms with Crippen LogP contribution in [-0.2, 0) is 13.1 Å². The van der Waals surface area contributed by atoms with Crippen molar-refractivity contribution in [3.05, 3.63) is 64.2 Å². The van der Waals surface area contributed by atoms with E-state index in [-0.39, 0.29) is 29.6 Å². The highest BCUT2D eigenvalue weighted by atomic mass is 32.1. The third-order valence-electron chi connectivity index (χ3n) is 4.70. The number of nitrogens with zero attached hydrogens (tertiary/aromatic N) is 1. The predicted molar refractivity (Wildman–Crippen MR) is 119 cm³/mol. The SMILES string of the molecule is CCOc1cccc(CNC(=O)c2snc(C(=O)NCc3ccc4c(c3)OCO4)c2N)c1. The van der Waals surface area contributed by atoms with Crippen molar-refractivity contribution in [2.24, 2.45) is 0 Å². The zero-order chi connectivity index (χ0) is 22.5. The highest BCUT2D eigenvalue weighted by Gasteiger charge is 2.22. The van der Waals surface area contributed by atoms with Gasteiger partial charge in [-0.2, -0.15) is 4.37 Å². The van der Waals surface area contributed by atoms with E-state index in [9.17, 15) is 9.59 Å². The Labute approximate surface area is 188 Å². The molecule has 0 unspecified atom stereocenters. The van der Waals surface area contributed by atoms with Gasteiger partial charge in [-0.1, -0.05) is 18.2 Å². The molecule has 9 nitrogen and oxygen atoms in total. The molecule has 2 heterocycles. The molecule has 0 saturated carbocycles. The molecule has 0 spiro atoms.